The second kappa shape index (κ2) is 5.73. The van der Waals surface area contributed by atoms with E-state index in [4.69, 9.17) is 0 Å². The number of hydrogen-bond donors (Lipinski definition) is 0. The highest BCUT2D eigenvalue weighted by atomic mass is 16.2. The first-order valence-electron chi connectivity index (χ1n) is 5.67. The number of carbonyl (C=O) groups is 2. The van der Waals surface area contributed by atoms with Crippen molar-refractivity contribution in [1.29, 1.82) is 0 Å². The molecule has 2 fully saturated rings. The SMILES string of the molecule is CCN1CCCC1=O.CN1CCCC1=O. The number of hydrogen-bond acceptors (Lipinski definition) is 2. The molecule has 0 spiro atoms. The molecule has 0 aromatic rings. The molecule has 0 saturated carbocycles. The Morgan fingerprint density at radius 3 is 1.87 bits per heavy atom. The monoisotopic (exact) mass is 212 g/mol. The standard InChI is InChI=1S/C6H11NO.C5H9NO/c1-2-7-5-3-4-6(7)8;1-6-4-2-3-5(6)7/h2-5H2,1H3;2-4H2,1H3. The van der Waals surface area contributed by atoms with Gasteiger partial charge in [-0.3, -0.25) is 9.59 Å². The van der Waals surface area contributed by atoms with E-state index < -0.39 is 0 Å². The van der Waals surface area contributed by atoms with Crippen molar-refractivity contribution in [2.75, 3.05) is 26.7 Å². The lowest BCUT2D eigenvalue weighted by molar-refractivity contribution is -0.127. The van der Waals surface area contributed by atoms with Crippen LogP contribution in [-0.2, 0) is 9.59 Å². The maximum absolute atomic E-state index is 10.7. The molecule has 0 aliphatic carbocycles. The van der Waals surface area contributed by atoms with Crippen molar-refractivity contribution < 1.29 is 9.59 Å². The van der Waals surface area contributed by atoms with Gasteiger partial charge in [-0.15, -0.1) is 0 Å². The summed E-state index contributed by atoms with van der Waals surface area (Å²) in [7, 11) is 1.84. The fourth-order valence-electron chi connectivity index (χ4n) is 1.82. The molecule has 0 radical (unpaired) electrons. The molecule has 15 heavy (non-hydrogen) atoms. The molecule has 4 nitrogen and oxygen atoms in total. The molecule has 2 rings (SSSR count). The molecule has 0 aromatic carbocycles. The molecule has 2 amide bonds. The molecule has 4 heteroatoms. The molecule has 2 aliphatic heterocycles. The van der Waals surface area contributed by atoms with Crippen LogP contribution in [0.4, 0.5) is 0 Å². The lowest BCUT2D eigenvalue weighted by Crippen LogP contribution is -2.23. The Morgan fingerprint density at radius 2 is 1.67 bits per heavy atom. The fourth-order valence-corrected chi connectivity index (χ4v) is 1.82. The van der Waals surface area contributed by atoms with Gasteiger partial charge in [-0.2, -0.15) is 0 Å². The Kier molecular flexibility index (Phi) is 4.59. The second-order valence-corrected chi connectivity index (χ2v) is 4.00. The highest BCUT2D eigenvalue weighted by Gasteiger charge is 2.17. The zero-order valence-electron chi connectivity index (χ0n) is 9.66. The average molecular weight is 212 g/mol. The number of amides is 2. The maximum Gasteiger partial charge on any atom is 0.222 e. The first-order valence-corrected chi connectivity index (χ1v) is 5.67. The number of nitrogens with zero attached hydrogens (tertiary/aromatic N) is 2. The van der Waals surface area contributed by atoms with Crippen LogP contribution in [0.1, 0.15) is 32.6 Å². The summed E-state index contributed by atoms with van der Waals surface area (Å²) in [6, 6.07) is 0. The summed E-state index contributed by atoms with van der Waals surface area (Å²) in [6.45, 7) is 4.84. The summed E-state index contributed by atoms with van der Waals surface area (Å²) in [4.78, 5) is 24.9. The minimum Gasteiger partial charge on any atom is -0.346 e. The lowest BCUT2D eigenvalue weighted by Gasteiger charge is -2.10. The van der Waals surface area contributed by atoms with Gasteiger partial charge in [-0.25, -0.2) is 0 Å². The van der Waals surface area contributed by atoms with E-state index in [2.05, 4.69) is 0 Å². The summed E-state index contributed by atoms with van der Waals surface area (Å²) in [5.74, 6) is 0.618. The molecule has 2 saturated heterocycles. The van der Waals surface area contributed by atoms with Gasteiger partial charge in [0.1, 0.15) is 0 Å². The fraction of sp³-hybridized carbons (Fsp3) is 0.818. The summed E-state index contributed by atoms with van der Waals surface area (Å²) in [5, 5.41) is 0. The Bertz CT molecular complexity index is 241. The van der Waals surface area contributed by atoms with E-state index in [0.29, 0.717) is 11.8 Å². The predicted molar refractivity (Wildman–Crippen MR) is 58.4 cm³/mol. The van der Waals surface area contributed by atoms with Crippen molar-refractivity contribution in [2.45, 2.75) is 32.6 Å². The number of carbonyl (C=O) groups excluding carboxylic acids is 2. The van der Waals surface area contributed by atoms with Crippen LogP contribution in [0.2, 0.25) is 0 Å². The van der Waals surface area contributed by atoms with Crippen LogP contribution >= 0.6 is 0 Å². The van der Waals surface area contributed by atoms with Gasteiger partial charge < -0.3 is 9.80 Å². The van der Waals surface area contributed by atoms with E-state index in [0.717, 1.165) is 45.3 Å². The van der Waals surface area contributed by atoms with Crippen molar-refractivity contribution in [3.05, 3.63) is 0 Å². The Balaban J connectivity index is 0.000000151. The van der Waals surface area contributed by atoms with Crippen molar-refractivity contribution in [3.63, 3.8) is 0 Å². The van der Waals surface area contributed by atoms with Gasteiger partial charge in [0.25, 0.3) is 0 Å². The molecule has 0 bridgehead atoms. The molecule has 86 valence electrons. The van der Waals surface area contributed by atoms with E-state index in [1.807, 2.05) is 18.9 Å². The quantitative estimate of drug-likeness (QED) is 0.647. The highest BCUT2D eigenvalue weighted by Crippen LogP contribution is 2.07. The molecular weight excluding hydrogens is 192 g/mol. The lowest BCUT2D eigenvalue weighted by atomic mass is 10.4. The van der Waals surface area contributed by atoms with Crippen LogP contribution < -0.4 is 0 Å². The highest BCUT2D eigenvalue weighted by molar-refractivity contribution is 5.78. The van der Waals surface area contributed by atoms with Gasteiger partial charge in [-0.05, 0) is 19.8 Å². The van der Waals surface area contributed by atoms with E-state index in [1.54, 1.807) is 4.90 Å². The summed E-state index contributed by atoms with van der Waals surface area (Å²) >= 11 is 0. The first-order chi connectivity index (χ1) is 7.15. The van der Waals surface area contributed by atoms with Crippen LogP contribution in [0.3, 0.4) is 0 Å². The smallest absolute Gasteiger partial charge is 0.222 e. The summed E-state index contributed by atoms with van der Waals surface area (Å²) in [5.41, 5.74) is 0. The third kappa shape index (κ3) is 3.53. The van der Waals surface area contributed by atoms with Crippen molar-refractivity contribution in [3.8, 4) is 0 Å². The summed E-state index contributed by atoms with van der Waals surface area (Å²) < 4.78 is 0. The van der Waals surface area contributed by atoms with Crippen LogP contribution in [-0.4, -0.2) is 48.3 Å². The topological polar surface area (TPSA) is 40.6 Å². The van der Waals surface area contributed by atoms with Crippen molar-refractivity contribution in [1.82, 2.24) is 9.80 Å². The van der Waals surface area contributed by atoms with Crippen molar-refractivity contribution in [2.24, 2.45) is 0 Å². The maximum atomic E-state index is 10.7. The van der Waals surface area contributed by atoms with Gasteiger partial charge >= 0.3 is 0 Å². The van der Waals surface area contributed by atoms with E-state index >= 15 is 0 Å². The molecule has 0 aromatic heterocycles. The zero-order valence-corrected chi connectivity index (χ0v) is 9.66. The molecule has 0 N–H and O–H groups in total. The molecule has 0 atom stereocenters. The molecular formula is C11H20N2O2. The van der Waals surface area contributed by atoms with Gasteiger partial charge in [-0.1, -0.05) is 0 Å². The third-order valence-corrected chi connectivity index (χ3v) is 2.86. The molecule has 0 unspecified atom stereocenters. The van der Waals surface area contributed by atoms with Crippen LogP contribution in [0, 0.1) is 0 Å². The molecule has 2 heterocycles. The minimum atomic E-state index is 0.292. The first kappa shape index (κ1) is 12.0. The van der Waals surface area contributed by atoms with Crippen LogP contribution in [0.5, 0.6) is 0 Å². The largest absolute Gasteiger partial charge is 0.346 e. The normalized spacial score (nSPS) is 20.7. The molecule has 2 aliphatic rings. The van der Waals surface area contributed by atoms with Gasteiger partial charge in [0.2, 0.25) is 11.8 Å². The van der Waals surface area contributed by atoms with Crippen molar-refractivity contribution >= 4 is 11.8 Å². The summed E-state index contributed by atoms with van der Waals surface area (Å²) in [6.07, 6.45) is 3.65. The Hall–Kier alpha value is -1.06. The minimum absolute atomic E-state index is 0.292. The van der Waals surface area contributed by atoms with E-state index in [9.17, 15) is 9.59 Å². The number of rotatable bonds is 1. The Labute approximate surface area is 91.2 Å². The van der Waals surface area contributed by atoms with Gasteiger partial charge in [0, 0.05) is 39.5 Å². The van der Waals surface area contributed by atoms with E-state index in [1.165, 1.54) is 0 Å². The zero-order chi connectivity index (χ0) is 11.3. The van der Waals surface area contributed by atoms with Gasteiger partial charge in [0.05, 0.1) is 0 Å². The second-order valence-electron chi connectivity index (χ2n) is 4.00. The van der Waals surface area contributed by atoms with E-state index in [-0.39, 0.29) is 0 Å². The van der Waals surface area contributed by atoms with Gasteiger partial charge in [0.15, 0.2) is 0 Å². The average Bonchev–Trinajstić information content (AvgIpc) is 2.78. The third-order valence-electron chi connectivity index (χ3n) is 2.86. The van der Waals surface area contributed by atoms with Crippen LogP contribution in [0.15, 0.2) is 0 Å². The number of likely N-dealkylation sites (tertiary alicyclic amines) is 2. The predicted octanol–water partition coefficient (Wildman–Crippen LogP) is 0.867. The Morgan fingerprint density at radius 1 is 1.07 bits per heavy atom. The van der Waals surface area contributed by atoms with Crippen LogP contribution in [0.25, 0.3) is 0 Å².